The summed E-state index contributed by atoms with van der Waals surface area (Å²) >= 11 is 0. The van der Waals surface area contributed by atoms with Crippen LogP contribution in [-0.2, 0) is 0 Å². The van der Waals surface area contributed by atoms with Crippen molar-refractivity contribution in [2.75, 3.05) is 18.6 Å². The smallest absolute Gasteiger partial charge is 0.271 e. The van der Waals surface area contributed by atoms with Crippen molar-refractivity contribution in [3.8, 4) is 0 Å². The van der Waals surface area contributed by atoms with Crippen molar-refractivity contribution in [3.63, 3.8) is 0 Å². The van der Waals surface area contributed by atoms with Crippen LogP contribution in [0.5, 0.6) is 0 Å². The summed E-state index contributed by atoms with van der Waals surface area (Å²) in [5.74, 6) is 0.564. The van der Waals surface area contributed by atoms with Gasteiger partial charge in [0.05, 0.1) is 28.1 Å². The van der Waals surface area contributed by atoms with Gasteiger partial charge in [-0.1, -0.05) is 0 Å². The topological polar surface area (TPSA) is 95.3 Å². The molecule has 0 fully saturated rings. The molecule has 2 rings (SSSR count). The molecule has 2 aromatic rings. The minimum Gasteiger partial charge on any atom is -0.394 e. The van der Waals surface area contributed by atoms with Crippen LogP contribution in [0.4, 0.5) is 11.6 Å². The number of likely N-dealkylation sites (N-methyl/N-ethyl adjacent to an activating group) is 1. The molecule has 0 bridgehead atoms. The summed E-state index contributed by atoms with van der Waals surface area (Å²) in [6.45, 7) is 3.73. The SMILES string of the molecule is CN(c1nc2ccc([N+](=O)[O-])cc2[nH]1)C(C)(C)CO. The van der Waals surface area contributed by atoms with Crippen molar-refractivity contribution in [1.82, 2.24) is 9.97 Å². The third-order valence-electron chi connectivity index (χ3n) is 3.28. The first-order chi connectivity index (χ1) is 8.85. The first kappa shape index (κ1) is 13.3. The lowest BCUT2D eigenvalue weighted by Gasteiger charge is -2.33. The van der Waals surface area contributed by atoms with E-state index >= 15 is 0 Å². The molecule has 0 atom stereocenters. The Bertz CT molecular complexity index is 620. The van der Waals surface area contributed by atoms with Crippen LogP contribution in [0.3, 0.4) is 0 Å². The second kappa shape index (κ2) is 4.51. The first-order valence-electron chi connectivity index (χ1n) is 5.84. The van der Waals surface area contributed by atoms with Crippen LogP contribution in [0.25, 0.3) is 11.0 Å². The van der Waals surface area contributed by atoms with Crippen molar-refractivity contribution < 1.29 is 10.0 Å². The van der Waals surface area contributed by atoms with E-state index in [0.29, 0.717) is 17.0 Å². The van der Waals surface area contributed by atoms with Gasteiger partial charge >= 0.3 is 0 Å². The summed E-state index contributed by atoms with van der Waals surface area (Å²) in [5.41, 5.74) is 0.803. The van der Waals surface area contributed by atoms with Gasteiger partial charge in [0.2, 0.25) is 5.95 Å². The van der Waals surface area contributed by atoms with E-state index < -0.39 is 10.5 Å². The Labute approximate surface area is 110 Å². The Hall–Kier alpha value is -2.15. The lowest BCUT2D eigenvalue weighted by atomic mass is 10.1. The number of imidazole rings is 1. The fourth-order valence-electron chi connectivity index (χ4n) is 1.65. The van der Waals surface area contributed by atoms with Gasteiger partial charge in [-0.25, -0.2) is 4.98 Å². The number of nitro benzene ring substituents is 1. The maximum absolute atomic E-state index is 10.7. The lowest BCUT2D eigenvalue weighted by molar-refractivity contribution is -0.384. The predicted molar refractivity (Wildman–Crippen MR) is 72.3 cm³/mol. The van der Waals surface area contributed by atoms with E-state index in [1.54, 1.807) is 11.0 Å². The summed E-state index contributed by atoms with van der Waals surface area (Å²) in [6, 6.07) is 4.48. The Kier molecular flexibility index (Phi) is 3.15. The number of benzene rings is 1. The highest BCUT2D eigenvalue weighted by atomic mass is 16.6. The van der Waals surface area contributed by atoms with Crippen LogP contribution in [0, 0.1) is 10.1 Å². The van der Waals surface area contributed by atoms with Crippen LogP contribution in [0.2, 0.25) is 0 Å². The number of aromatic amines is 1. The summed E-state index contributed by atoms with van der Waals surface area (Å²) in [7, 11) is 1.81. The number of rotatable bonds is 4. The minimum atomic E-state index is -0.472. The van der Waals surface area contributed by atoms with Crippen LogP contribution < -0.4 is 4.90 Å². The number of nitrogens with one attached hydrogen (secondary N) is 1. The van der Waals surface area contributed by atoms with E-state index in [2.05, 4.69) is 9.97 Å². The van der Waals surface area contributed by atoms with E-state index in [4.69, 9.17) is 0 Å². The molecule has 1 aromatic carbocycles. The van der Waals surface area contributed by atoms with Gasteiger partial charge in [-0.2, -0.15) is 0 Å². The zero-order valence-corrected chi connectivity index (χ0v) is 11.0. The number of aliphatic hydroxyl groups is 1. The number of hydrogen-bond donors (Lipinski definition) is 2. The van der Waals surface area contributed by atoms with Crippen molar-refractivity contribution in [3.05, 3.63) is 28.3 Å². The van der Waals surface area contributed by atoms with Crippen LogP contribution in [0.15, 0.2) is 18.2 Å². The molecule has 0 aliphatic rings. The number of non-ortho nitro benzene ring substituents is 1. The highest BCUT2D eigenvalue weighted by Gasteiger charge is 2.25. The fraction of sp³-hybridized carbons (Fsp3) is 0.417. The Balaban J connectivity index is 2.44. The number of fused-ring (bicyclic) bond motifs is 1. The van der Waals surface area contributed by atoms with Gasteiger partial charge in [-0.3, -0.25) is 10.1 Å². The molecule has 1 aromatic heterocycles. The second-order valence-electron chi connectivity index (χ2n) is 5.05. The molecule has 0 radical (unpaired) electrons. The Morgan fingerprint density at radius 2 is 2.21 bits per heavy atom. The van der Waals surface area contributed by atoms with Gasteiger partial charge in [0.1, 0.15) is 0 Å². The van der Waals surface area contributed by atoms with Gasteiger partial charge in [0.25, 0.3) is 5.69 Å². The molecule has 19 heavy (non-hydrogen) atoms. The molecule has 7 nitrogen and oxygen atoms in total. The molecule has 102 valence electrons. The average Bonchev–Trinajstić information content (AvgIpc) is 2.80. The molecule has 7 heteroatoms. The van der Waals surface area contributed by atoms with Crippen molar-refractivity contribution in [2.24, 2.45) is 0 Å². The van der Waals surface area contributed by atoms with E-state index in [0.717, 1.165) is 0 Å². The van der Waals surface area contributed by atoms with Gasteiger partial charge in [0, 0.05) is 19.2 Å². The van der Waals surface area contributed by atoms with Crippen molar-refractivity contribution >= 4 is 22.7 Å². The van der Waals surface area contributed by atoms with Gasteiger partial charge in [-0.05, 0) is 19.9 Å². The third kappa shape index (κ3) is 2.37. The standard InChI is InChI=1S/C12H16N4O3/c1-12(2,7-17)15(3)11-13-9-5-4-8(16(18)19)6-10(9)14-11/h4-6,17H,7H2,1-3H3,(H,13,14). The molecule has 0 amide bonds. The maximum atomic E-state index is 10.7. The monoisotopic (exact) mass is 264 g/mol. The number of hydrogen-bond acceptors (Lipinski definition) is 5. The Morgan fingerprint density at radius 3 is 2.79 bits per heavy atom. The zero-order chi connectivity index (χ0) is 14.2. The molecule has 2 N–H and O–H groups in total. The van der Waals surface area contributed by atoms with Gasteiger partial charge in [-0.15, -0.1) is 0 Å². The third-order valence-corrected chi connectivity index (χ3v) is 3.28. The van der Waals surface area contributed by atoms with Crippen molar-refractivity contribution in [1.29, 1.82) is 0 Å². The number of aromatic nitrogens is 2. The summed E-state index contributed by atoms with van der Waals surface area (Å²) < 4.78 is 0. The van der Waals surface area contributed by atoms with E-state index in [1.807, 2.05) is 20.9 Å². The van der Waals surface area contributed by atoms with Crippen molar-refractivity contribution in [2.45, 2.75) is 19.4 Å². The highest BCUT2D eigenvalue weighted by molar-refractivity contribution is 5.80. The highest BCUT2D eigenvalue weighted by Crippen LogP contribution is 2.24. The number of anilines is 1. The molecular formula is C12H16N4O3. The molecular weight excluding hydrogens is 248 g/mol. The second-order valence-corrected chi connectivity index (χ2v) is 5.05. The van der Waals surface area contributed by atoms with Gasteiger partial charge < -0.3 is 15.0 Å². The summed E-state index contributed by atoms with van der Waals surface area (Å²) in [6.07, 6.45) is 0. The molecule has 1 heterocycles. The number of H-pyrrole nitrogens is 1. The first-order valence-corrected chi connectivity index (χ1v) is 5.84. The number of nitro groups is 1. The normalized spacial score (nSPS) is 11.8. The lowest BCUT2D eigenvalue weighted by Crippen LogP contribution is -2.44. The molecule has 0 aliphatic carbocycles. The van der Waals surface area contributed by atoms with E-state index in [-0.39, 0.29) is 12.3 Å². The number of nitrogens with zero attached hydrogens (tertiary/aromatic N) is 3. The Morgan fingerprint density at radius 1 is 1.53 bits per heavy atom. The zero-order valence-electron chi connectivity index (χ0n) is 11.0. The van der Waals surface area contributed by atoms with E-state index in [1.165, 1.54) is 12.1 Å². The summed E-state index contributed by atoms with van der Waals surface area (Å²) in [4.78, 5) is 19.5. The quantitative estimate of drug-likeness (QED) is 0.647. The molecule has 0 aliphatic heterocycles. The minimum absolute atomic E-state index is 0.0202. The maximum Gasteiger partial charge on any atom is 0.271 e. The largest absolute Gasteiger partial charge is 0.394 e. The summed E-state index contributed by atoms with van der Waals surface area (Å²) in [5, 5.41) is 20.1. The van der Waals surface area contributed by atoms with Crippen LogP contribution >= 0.6 is 0 Å². The van der Waals surface area contributed by atoms with Crippen LogP contribution in [0.1, 0.15) is 13.8 Å². The molecule has 0 unspecified atom stereocenters. The molecule has 0 saturated carbocycles. The average molecular weight is 264 g/mol. The van der Waals surface area contributed by atoms with Crippen LogP contribution in [-0.4, -0.2) is 39.2 Å². The molecule has 0 spiro atoms. The fourth-order valence-corrected chi connectivity index (χ4v) is 1.65. The predicted octanol–water partition coefficient (Wildman–Crippen LogP) is 1.68. The van der Waals surface area contributed by atoms with E-state index in [9.17, 15) is 15.2 Å². The van der Waals surface area contributed by atoms with Gasteiger partial charge in [0.15, 0.2) is 0 Å². The number of aliphatic hydroxyl groups excluding tert-OH is 1. The molecule has 0 saturated heterocycles.